The average molecular weight is 268 g/mol. The number of hydrogen-bond acceptors (Lipinski definition) is 4. The van der Waals surface area contributed by atoms with Crippen LogP contribution in [0.5, 0.6) is 0 Å². The molecule has 0 bridgehead atoms. The third kappa shape index (κ3) is 4.25. The lowest BCUT2D eigenvalue weighted by atomic mass is 10.3. The van der Waals surface area contributed by atoms with Crippen LogP contribution in [0.25, 0.3) is 0 Å². The molecule has 0 aliphatic rings. The SMILES string of the molecule is Cc1cnc(=O)n(CC(=O)N(C)CCC(N)=S)c1. The number of aromatic nitrogens is 2. The molecule has 0 aromatic carbocycles. The van der Waals surface area contributed by atoms with E-state index in [0.29, 0.717) is 18.0 Å². The molecule has 0 radical (unpaired) electrons. The Morgan fingerprint density at radius 1 is 1.61 bits per heavy atom. The summed E-state index contributed by atoms with van der Waals surface area (Å²) in [4.78, 5) is 28.8. The lowest BCUT2D eigenvalue weighted by Crippen LogP contribution is -2.36. The zero-order chi connectivity index (χ0) is 13.7. The second-order valence-corrected chi connectivity index (χ2v) is 4.60. The highest BCUT2D eigenvalue weighted by Crippen LogP contribution is 1.94. The van der Waals surface area contributed by atoms with Gasteiger partial charge in [-0.1, -0.05) is 12.2 Å². The molecule has 2 N–H and O–H groups in total. The van der Waals surface area contributed by atoms with Crippen LogP contribution in [0.4, 0.5) is 0 Å². The second-order valence-electron chi connectivity index (χ2n) is 4.07. The number of carbonyl (C=O) groups excluding carboxylic acids is 1. The smallest absolute Gasteiger partial charge is 0.347 e. The van der Waals surface area contributed by atoms with Crippen molar-refractivity contribution >= 4 is 23.1 Å². The van der Waals surface area contributed by atoms with E-state index in [1.165, 1.54) is 15.7 Å². The van der Waals surface area contributed by atoms with Crippen molar-refractivity contribution in [2.45, 2.75) is 19.9 Å². The molecular formula is C11H16N4O2S. The van der Waals surface area contributed by atoms with Crippen molar-refractivity contribution in [3.63, 3.8) is 0 Å². The van der Waals surface area contributed by atoms with E-state index in [4.69, 9.17) is 18.0 Å². The van der Waals surface area contributed by atoms with Crippen LogP contribution in [-0.2, 0) is 11.3 Å². The molecule has 0 fully saturated rings. The molecule has 1 heterocycles. The lowest BCUT2D eigenvalue weighted by Gasteiger charge is -2.17. The number of aryl methyl sites for hydroxylation is 1. The molecule has 0 aliphatic heterocycles. The van der Waals surface area contributed by atoms with Crippen molar-refractivity contribution in [1.82, 2.24) is 14.5 Å². The molecule has 0 unspecified atom stereocenters. The van der Waals surface area contributed by atoms with Gasteiger partial charge in [0.1, 0.15) is 6.54 Å². The fourth-order valence-corrected chi connectivity index (χ4v) is 1.44. The minimum absolute atomic E-state index is 0.0264. The molecule has 6 nitrogen and oxygen atoms in total. The number of carbonyl (C=O) groups is 1. The highest BCUT2D eigenvalue weighted by Gasteiger charge is 2.10. The number of likely N-dealkylation sites (N-methyl/N-ethyl adjacent to an activating group) is 1. The summed E-state index contributed by atoms with van der Waals surface area (Å²) in [6.07, 6.45) is 3.55. The summed E-state index contributed by atoms with van der Waals surface area (Å²) in [5, 5.41) is 0. The van der Waals surface area contributed by atoms with Gasteiger partial charge < -0.3 is 10.6 Å². The lowest BCUT2D eigenvalue weighted by molar-refractivity contribution is -0.130. The van der Waals surface area contributed by atoms with Crippen molar-refractivity contribution in [2.24, 2.45) is 5.73 Å². The van der Waals surface area contributed by atoms with Gasteiger partial charge in [0.15, 0.2) is 0 Å². The van der Waals surface area contributed by atoms with E-state index >= 15 is 0 Å². The summed E-state index contributed by atoms with van der Waals surface area (Å²) >= 11 is 4.74. The largest absolute Gasteiger partial charge is 0.393 e. The number of amides is 1. The molecule has 98 valence electrons. The van der Waals surface area contributed by atoms with Gasteiger partial charge in [-0.15, -0.1) is 0 Å². The van der Waals surface area contributed by atoms with Gasteiger partial charge in [0.25, 0.3) is 0 Å². The van der Waals surface area contributed by atoms with Crippen LogP contribution in [0, 0.1) is 6.92 Å². The third-order valence-electron chi connectivity index (χ3n) is 2.41. The Morgan fingerprint density at radius 2 is 2.28 bits per heavy atom. The van der Waals surface area contributed by atoms with Gasteiger partial charge >= 0.3 is 5.69 Å². The van der Waals surface area contributed by atoms with E-state index in [1.807, 2.05) is 6.92 Å². The first-order valence-corrected chi connectivity index (χ1v) is 5.86. The third-order valence-corrected chi connectivity index (χ3v) is 2.61. The van der Waals surface area contributed by atoms with E-state index in [1.54, 1.807) is 13.2 Å². The normalized spacial score (nSPS) is 10.1. The predicted molar refractivity (Wildman–Crippen MR) is 72.3 cm³/mol. The van der Waals surface area contributed by atoms with Crippen LogP contribution in [0.3, 0.4) is 0 Å². The topological polar surface area (TPSA) is 81.2 Å². The maximum absolute atomic E-state index is 11.8. The van der Waals surface area contributed by atoms with E-state index in [9.17, 15) is 9.59 Å². The molecule has 7 heteroatoms. The quantitative estimate of drug-likeness (QED) is 0.741. The average Bonchev–Trinajstić information content (AvgIpc) is 2.30. The Morgan fingerprint density at radius 3 is 2.89 bits per heavy atom. The van der Waals surface area contributed by atoms with Crippen molar-refractivity contribution < 1.29 is 4.79 Å². The maximum atomic E-state index is 11.8. The van der Waals surface area contributed by atoms with Crippen molar-refractivity contribution in [3.8, 4) is 0 Å². The van der Waals surface area contributed by atoms with Gasteiger partial charge in [0, 0.05) is 32.4 Å². The molecule has 0 aliphatic carbocycles. The van der Waals surface area contributed by atoms with Gasteiger partial charge in [0.2, 0.25) is 5.91 Å². The molecular weight excluding hydrogens is 252 g/mol. The van der Waals surface area contributed by atoms with E-state index in [0.717, 1.165) is 5.56 Å². The molecule has 18 heavy (non-hydrogen) atoms. The summed E-state index contributed by atoms with van der Waals surface area (Å²) in [6.45, 7) is 2.23. The van der Waals surface area contributed by atoms with Crippen LogP contribution in [0.15, 0.2) is 17.2 Å². The standard InChI is InChI=1S/C11H16N4O2S/c1-8-5-13-11(17)15(6-8)7-10(16)14(2)4-3-9(12)18/h5-6H,3-4,7H2,1-2H3,(H2,12,18). The first-order valence-electron chi connectivity index (χ1n) is 5.45. The molecule has 0 saturated heterocycles. The number of nitrogens with zero attached hydrogens (tertiary/aromatic N) is 3. The number of thiocarbonyl (C=S) groups is 1. The number of nitrogens with two attached hydrogens (primary N) is 1. The van der Waals surface area contributed by atoms with Gasteiger partial charge in [-0.05, 0) is 12.5 Å². The highest BCUT2D eigenvalue weighted by atomic mass is 32.1. The molecule has 0 atom stereocenters. The zero-order valence-corrected chi connectivity index (χ0v) is 11.2. The summed E-state index contributed by atoms with van der Waals surface area (Å²) in [5.41, 5.74) is 5.76. The molecule has 1 aromatic rings. The Kier molecular flexibility index (Phi) is 4.96. The Bertz CT molecular complexity index is 512. The highest BCUT2D eigenvalue weighted by molar-refractivity contribution is 7.80. The first-order chi connectivity index (χ1) is 8.40. The van der Waals surface area contributed by atoms with Crippen LogP contribution in [0.2, 0.25) is 0 Å². The van der Waals surface area contributed by atoms with E-state index in [2.05, 4.69) is 4.98 Å². The second kappa shape index (κ2) is 6.25. The van der Waals surface area contributed by atoms with Crippen LogP contribution in [-0.4, -0.2) is 38.9 Å². The maximum Gasteiger partial charge on any atom is 0.347 e. The van der Waals surface area contributed by atoms with Crippen molar-refractivity contribution in [3.05, 3.63) is 28.4 Å². The molecule has 0 saturated carbocycles. The summed E-state index contributed by atoms with van der Waals surface area (Å²) in [7, 11) is 1.65. The van der Waals surface area contributed by atoms with Gasteiger partial charge in [-0.25, -0.2) is 9.78 Å². The Hall–Kier alpha value is -1.76. The molecule has 0 spiro atoms. The van der Waals surface area contributed by atoms with Crippen molar-refractivity contribution in [2.75, 3.05) is 13.6 Å². The number of hydrogen-bond donors (Lipinski definition) is 1. The van der Waals surface area contributed by atoms with Crippen LogP contribution >= 0.6 is 12.2 Å². The fourth-order valence-electron chi connectivity index (χ4n) is 1.35. The Balaban J connectivity index is 2.66. The van der Waals surface area contributed by atoms with Crippen LogP contribution in [0.1, 0.15) is 12.0 Å². The zero-order valence-electron chi connectivity index (χ0n) is 10.4. The van der Waals surface area contributed by atoms with Gasteiger partial charge in [0.05, 0.1) is 4.99 Å². The van der Waals surface area contributed by atoms with Crippen LogP contribution < -0.4 is 11.4 Å². The van der Waals surface area contributed by atoms with E-state index < -0.39 is 5.69 Å². The van der Waals surface area contributed by atoms with Gasteiger partial charge in [-0.3, -0.25) is 9.36 Å². The van der Waals surface area contributed by atoms with E-state index in [-0.39, 0.29) is 12.5 Å². The summed E-state index contributed by atoms with van der Waals surface area (Å²) in [6, 6.07) is 0. The predicted octanol–water partition coefficient (Wildman–Crippen LogP) is -0.314. The van der Waals surface area contributed by atoms with Gasteiger partial charge in [-0.2, -0.15) is 0 Å². The fraction of sp³-hybridized carbons (Fsp3) is 0.455. The number of rotatable bonds is 5. The Labute approximate surface area is 110 Å². The molecule has 1 amide bonds. The summed E-state index contributed by atoms with van der Waals surface area (Å²) < 4.78 is 1.29. The molecule has 1 rings (SSSR count). The molecule has 1 aromatic heterocycles. The minimum atomic E-state index is -0.434. The minimum Gasteiger partial charge on any atom is -0.393 e. The van der Waals surface area contributed by atoms with Crippen molar-refractivity contribution in [1.29, 1.82) is 0 Å². The monoisotopic (exact) mass is 268 g/mol. The first kappa shape index (κ1) is 14.3. The summed E-state index contributed by atoms with van der Waals surface area (Å²) in [5.74, 6) is -0.180.